The minimum atomic E-state index is -1.61. The maximum Gasteiger partial charge on any atom is 0.331 e. The average Bonchev–Trinajstić information content (AvgIpc) is 3.33. The summed E-state index contributed by atoms with van der Waals surface area (Å²) in [5, 5.41) is 5.56. The van der Waals surface area contributed by atoms with Gasteiger partial charge in [-0.1, -0.05) is 61.7 Å². The zero-order valence-electron chi connectivity index (χ0n) is 24.9. The predicted octanol–water partition coefficient (Wildman–Crippen LogP) is 7.22. The first-order valence-corrected chi connectivity index (χ1v) is 14.4. The normalized spacial score (nSPS) is 12.2. The van der Waals surface area contributed by atoms with Crippen LogP contribution in [0.5, 0.6) is 0 Å². The number of oxime groups is 1. The second kappa shape index (κ2) is 13.7. The van der Waals surface area contributed by atoms with Crippen LogP contribution >= 0.6 is 0 Å². The van der Waals surface area contributed by atoms with Crippen LogP contribution < -0.4 is 0 Å². The lowest BCUT2D eigenvalue weighted by Gasteiger charge is -2.29. The summed E-state index contributed by atoms with van der Waals surface area (Å²) in [4.78, 5) is 43.9. The molecule has 0 fully saturated rings. The number of ether oxygens (including phenoxy) is 2. The number of rotatable bonds is 14. The van der Waals surface area contributed by atoms with Gasteiger partial charge in [-0.2, -0.15) is 0 Å². The second-order valence-electron chi connectivity index (χ2n) is 10.2. The third-order valence-corrected chi connectivity index (χ3v) is 7.55. The molecule has 0 radical (unpaired) electrons. The van der Waals surface area contributed by atoms with Crippen molar-refractivity contribution in [3.63, 3.8) is 0 Å². The number of aromatic nitrogens is 1. The van der Waals surface area contributed by atoms with Crippen molar-refractivity contribution in [3.05, 3.63) is 83.4 Å². The summed E-state index contributed by atoms with van der Waals surface area (Å²) in [6.45, 7) is 6.12. The van der Waals surface area contributed by atoms with E-state index in [-0.39, 0.29) is 17.3 Å². The number of unbranched alkanes of at least 4 members (excludes halogenated alkanes) is 3. The Morgan fingerprint density at radius 2 is 1.43 bits per heavy atom. The van der Waals surface area contributed by atoms with Crippen LogP contribution in [-0.4, -0.2) is 42.0 Å². The van der Waals surface area contributed by atoms with Crippen LogP contribution in [0.3, 0.4) is 0 Å². The minimum Gasteiger partial charge on any atom is -0.343 e. The van der Waals surface area contributed by atoms with E-state index in [1.54, 1.807) is 24.3 Å². The van der Waals surface area contributed by atoms with Gasteiger partial charge in [0.25, 0.3) is 5.79 Å². The van der Waals surface area contributed by atoms with Crippen LogP contribution in [0.25, 0.3) is 21.8 Å². The highest BCUT2D eigenvalue weighted by Crippen LogP contribution is 2.35. The summed E-state index contributed by atoms with van der Waals surface area (Å²) in [6, 6.07) is 20.1. The van der Waals surface area contributed by atoms with Gasteiger partial charge in [0, 0.05) is 66.2 Å². The summed E-state index contributed by atoms with van der Waals surface area (Å²) in [7, 11) is 2.90. The number of hydrogen-bond donors (Lipinski definition) is 0. The highest BCUT2D eigenvalue weighted by Gasteiger charge is 2.41. The molecule has 0 spiro atoms. The fraction of sp³-hybridized carbons (Fsp3) is 0.353. The molecular weight excluding hydrogens is 532 g/mol. The van der Waals surface area contributed by atoms with E-state index in [0.717, 1.165) is 47.5 Å². The van der Waals surface area contributed by atoms with Gasteiger partial charge in [0.15, 0.2) is 0 Å². The van der Waals surface area contributed by atoms with Crippen LogP contribution in [0.4, 0.5) is 0 Å². The number of fused-ring (bicyclic) bond motifs is 3. The number of Topliss-reactive ketones (excluding diaryl/α,β-unsaturated/α-hetero) is 2. The first-order chi connectivity index (χ1) is 20.3. The summed E-state index contributed by atoms with van der Waals surface area (Å²) in [5.74, 6) is -2.82. The van der Waals surface area contributed by atoms with Gasteiger partial charge in [-0.25, -0.2) is 4.79 Å². The van der Waals surface area contributed by atoms with Crippen LogP contribution in [0.2, 0.25) is 0 Å². The Labute approximate surface area is 246 Å². The van der Waals surface area contributed by atoms with E-state index in [9.17, 15) is 14.4 Å². The Bertz CT molecular complexity index is 1620. The Kier molecular flexibility index (Phi) is 10.0. The largest absolute Gasteiger partial charge is 0.343 e. The standard InChI is InChI=1S/C34H38N2O6/c1-6-8-9-13-16-29(35-42-23(3)37)32(38)24-17-19-30-27(21-24)28-22-25(18-20-31(28)36(30)7-2)33(39)34(40-4,41-5)26-14-11-10-12-15-26/h10-12,14-15,17-22H,6-9,13,16H2,1-5H3/b35-29+. The van der Waals surface area contributed by atoms with Crippen LogP contribution in [0, 0.1) is 0 Å². The van der Waals surface area contributed by atoms with Crippen LogP contribution in [-0.2, 0) is 31.4 Å². The van der Waals surface area contributed by atoms with Gasteiger partial charge in [-0.3, -0.25) is 9.59 Å². The zero-order valence-corrected chi connectivity index (χ0v) is 24.9. The molecule has 0 amide bonds. The first-order valence-electron chi connectivity index (χ1n) is 14.4. The van der Waals surface area contributed by atoms with Gasteiger partial charge < -0.3 is 18.9 Å². The number of methoxy groups -OCH3 is 2. The number of aryl methyl sites for hydroxylation is 1. The van der Waals surface area contributed by atoms with E-state index >= 15 is 0 Å². The molecule has 0 saturated carbocycles. The van der Waals surface area contributed by atoms with Crippen molar-refractivity contribution < 1.29 is 28.7 Å². The van der Waals surface area contributed by atoms with Gasteiger partial charge in [0.1, 0.15) is 5.71 Å². The van der Waals surface area contributed by atoms with E-state index in [1.807, 2.05) is 49.4 Å². The summed E-state index contributed by atoms with van der Waals surface area (Å²) in [5.41, 5.74) is 3.51. The van der Waals surface area contributed by atoms with E-state index in [1.165, 1.54) is 21.1 Å². The number of ketones is 2. The quantitative estimate of drug-likeness (QED) is 0.0397. The number of carbonyl (C=O) groups excluding carboxylic acids is 3. The van der Waals surface area contributed by atoms with Gasteiger partial charge in [-0.15, -0.1) is 0 Å². The van der Waals surface area contributed by atoms with Crippen molar-refractivity contribution in [2.45, 2.75) is 65.2 Å². The summed E-state index contributed by atoms with van der Waals surface area (Å²) in [6.07, 6.45) is 4.25. The van der Waals surface area contributed by atoms with Crippen molar-refractivity contribution in [1.29, 1.82) is 0 Å². The van der Waals surface area contributed by atoms with Gasteiger partial charge in [0.05, 0.1) is 0 Å². The lowest BCUT2D eigenvalue weighted by Crippen LogP contribution is -2.40. The van der Waals surface area contributed by atoms with Crippen molar-refractivity contribution in [1.82, 2.24) is 4.57 Å². The van der Waals surface area contributed by atoms with Crippen molar-refractivity contribution in [3.8, 4) is 0 Å². The Morgan fingerprint density at radius 3 is 2.00 bits per heavy atom. The van der Waals surface area contributed by atoms with E-state index in [2.05, 4.69) is 16.6 Å². The molecule has 0 aliphatic heterocycles. The number of hydrogen-bond acceptors (Lipinski definition) is 7. The highest BCUT2D eigenvalue weighted by molar-refractivity contribution is 6.46. The Morgan fingerprint density at radius 1 is 0.810 bits per heavy atom. The van der Waals surface area contributed by atoms with Gasteiger partial charge >= 0.3 is 5.97 Å². The summed E-state index contributed by atoms with van der Waals surface area (Å²) >= 11 is 0. The number of benzene rings is 3. The molecule has 0 aliphatic rings. The molecule has 0 aliphatic carbocycles. The van der Waals surface area contributed by atoms with E-state index in [0.29, 0.717) is 29.7 Å². The molecule has 4 aromatic rings. The van der Waals surface area contributed by atoms with Crippen LogP contribution in [0.15, 0.2) is 71.9 Å². The lowest BCUT2D eigenvalue weighted by atomic mass is 9.94. The molecular formula is C34H38N2O6. The molecule has 8 nitrogen and oxygen atoms in total. The lowest BCUT2D eigenvalue weighted by molar-refractivity contribution is -0.176. The molecule has 0 unspecified atom stereocenters. The second-order valence-corrected chi connectivity index (χ2v) is 10.2. The molecule has 0 atom stereocenters. The third kappa shape index (κ3) is 6.05. The predicted molar refractivity (Wildman–Crippen MR) is 164 cm³/mol. The third-order valence-electron chi connectivity index (χ3n) is 7.55. The topological polar surface area (TPSA) is 96.2 Å². The van der Waals surface area contributed by atoms with Gasteiger partial charge in [0.2, 0.25) is 11.6 Å². The van der Waals surface area contributed by atoms with Crippen molar-refractivity contribution >= 4 is 45.1 Å². The molecule has 0 saturated heterocycles. The summed E-state index contributed by atoms with van der Waals surface area (Å²) < 4.78 is 13.6. The molecule has 4 rings (SSSR count). The minimum absolute atomic E-state index is 0.212. The SMILES string of the molecule is CCCCCC/C(=N\OC(C)=O)C(=O)c1ccc2c(c1)c1cc(C(=O)C(OC)(OC)c3ccccc3)ccc1n2CC. The van der Waals surface area contributed by atoms with E-state index < -0.39 is 11.8 Å². The Hall–Kier alpha value is -4.14. The van der Waals surface area contributed by atoms with Crippen molar-refractivity contribution in [2.24, 2.45) is 5.16 Å². The molecule has 0 N–H and O–H groups in total. The molecule has 1 aromatic heterocycles. The average molecular weight is 571 g/mol. The Balaban J connectivity index is 1.80. The maximum atomic E-state index is 14.0. The van der Waals surface area contributed by atoms with Gasteiger partial charge in [-0.05, 0) is 56.2 Å². The number of nitrogens with zero attached hydrogens (tertiary/aromatic N) is 2. The first kappa shape index (κ1) is 30.8. The smallest absolute Gasteiger partial charge is 0.331 e. The molecule has 220 valence electrons. The van der Waals surface area contributed by atoms with Crippen LogP contribution in [0.1, 0.15) is 79.2 Å². The fourth-order valence-corrected chi connectivity index (χ4v) is 5.42. The molecule has 3 aromatic carbocycles. The zero-order chi connectivity index (χ0) is 30.3. The fourth-order valence-electron chi connectivity index (χ4n) is 5.42. The maximum absolute atomic E-state index is 14.0. The molecule has 42 heavy (non-hydrogen) atoms. The molecule has 1 heterocycles. The monoisotopic (exact) mass is 570 g/mol. The molecule has 0 bridgehead atoms. The molecule has 8 heteroatoms. The van der Waals surface area contributed by atoms with Crippen molar-refractivity contribution in [2.75, 3.05) is 14.2 Å². The van der Waals surface area contributed by atoms with E-state index in [4.69, 9.17) is 14.3 Å². The number of carbonyl (C=O) groups is 3. The highest BCUT2D eigenvalue weighted by atomic mass is 16.7.